The second kappa shape index (κ2) is 10.3. The second-order valence-corrected chi connectivity index (χ2v) is 6.86. The Hall–Kier alpha value is -1.88. The minimum atomic E-state index is -1.66. The van der Waals surface area contributed by atoms with Crippen molar-refractivity contribution in [1.82, 2.24) is 0 Å². The highest BCUT2D eigenvalue weighted by molar-refractivity contribution is 6.24. The molecule has 3 nitrogen and oxygen atoms in total. The van der Waals surface area contributed by atoms with Gasteiger partial charge in [-0.1, -0.05) is 11.6 Å². The first-order valence-electron chi connectivity index (χ1n) is 8.96. The first kappa shape index (κ1) is 22.2. The van der Waals surface area contributed by atoms with Crippen molar-refractivity contribution in [2.24, 2.45) is 0 Å². The summed E-state index contributed by atoms with van der Waals surface area (Å²) in [5.41, 5.74) is 2.98. The molecule has 0 aromatic carbocycles. The van der Waals surface area contributed by atoms with Crippen LogP contribution in [0.4, 0.5) is 8.78 Å². The smallest absolute Gasteiger partial charge is 0.266 e. The summed E-state index contributed by atoms with van der Waals surface area (Å²) < 4.78 is 23.9. The number of aliphatic hydroxyl groups excluding tert-OH is 1. The normalized spacial score (nSPS) is 17.1. The Balaban J connectivity index is 2.47. The predicted molar refractivity (Wildman–Crippen MR) is 98.9 cm³/mol. The average molecular weight is 366 g/mol. The van der Waals surface area contributed by atoms with Crippen LogP contribution in [-0.4, -0.2) is 22.8 Å². The zero-order valence-electron chi connectivity index (χ0n) is 16.0. The fourth-order valence-corrected chi connectivity index (χ4v) is 2.94. The molecule has 0 heterocycles. The number of Topliss-reactive ketones (excluding diaryl/α,β-unsaturated/α-hetero) is 2. The lowest BCUT2D eigenvalue weighted by Gasteiger charge is -2.19. The molecule has 0 bridgehead atoms. The van der Waals surface area contributed by atoms with Gasteiger partial charge in [0.1, 0.15) is 0 Å². The number of rotatable bonds is 9. The van der Waals surface area contributed by atoms with Gasteiger partial charge in [0.15, 0.2) is 11.6 Å². The summed E-state index contributed by atoms with van der Waals surface area (Å²) >= 11 is 0. The maximum absolute atomic E-state index is 12.3. The first-order valence-corrected chi connectivity index (χ1v) is 8.96. The van der Waals surface area contributed by atoms with Crippen LogP contribution in [0.25, 0.3) is 0 Å². The molecule has 1 rings (SSSR count). The Morgan fingerprint density at radius 3 is 2.19 bits per heavy atom. The van der Waals surface area contributed by atoms with E-state index in [1.807, 2.05) is 13.0 Å². The van der Waals surface area contributed by atoms with Crippen LogP contribution < -0.4 is 0 Å². The molecule has 0 spiro atoms. The van der Waals surface area contributed by atoms with E-state index < -0.39 is 12.2 Å². The third-order valence-corrected chi connectivity index (χ3v) is 4.87. The molecule has 1 aliphatic rings. The van der Waals surface area contributed by atoms with E-state index in [9.17, 15) is 23.5 Å². The predicted octanol–water partition coefficient (Wildman–Crippen LogP) is 5.22. The van der Waals surface area contributed by atoms with Crippen molar-refractivity contribution in [3.63, 3.8) is 0 Å². The van der Waals surface area contributed by atoms with Gasteiger partial charge in [-0.05, 0) is 72.3 Å². The SMILES string of the molecule is CC1=C(C)C(=O)C(CCC(O)CC/C=C(\C)CCC=C(F)F)=C(C)C1=O. The lowest BCUT2D eigenvalue weighted by atomic mass is 9.83. The van der Waals surface area contributed by atoms with Crippen molar-refractivity contribution < 1.29 is 23.5 Å². The molecule has 1 aliphatic carbocycles. The van der Waals surface area contributed by atoms with Gasteiger partial charge in [-0.15, -0.1) is 0 Å². The van der Waals surface area contributed by atoms with Gasteiger partial charge in [0.2, 0.25) is 0 Å². The van der Waals surface area contributed by atoms with Gasteiger partial charge in [-0.3, -0.25) is 9.59 Å². The largest absolute Gasteiger partial charge is 0.393 e. The number of carbonyl (C=O) groups excluding carboxylic acids is 2. The number of halogens is 2. The molecule has 0 amide bonds. The summed E-state index contributed by atoms with van der Waals surface area (Å²) in [6.07, 6.45) is 3.49. The third kappa shape index (κ3) is 6.45. The number of aliphatic hydroxyl groups is 1. The summed E-state index contributed by atoms with van der Waals surface area (Å²) in [6.45, 7) is 6.88. The standard InChI is InChI=1S/C21H28F2O3/c1-13(8-6-10-19(22)23)7-5-9-17(24)11-12-18-16(4)20(25)14(2)15(3)21(18)26/h7,10,17,24H,5-6,8-9,11-12H2,1-4H3/b13-7+. The summed E-state index contributed by atoms with van der Waals surface area (Å²) in [4.78, 5) is 24.5. The van der Waals surface area contributed by atoms with E-state index in [1.54, 1.807) is 20.8 Å². The lowest BCUT2D eigenvalue weighted by molar-refractivity contribution is -0.116. The van der Waals surface area contributed by atoms with Crippen LogP contribution >= 0.6 is 0 Å². The van der Waals surface area contributed by atoms with Crippen LogP contribution in [0.3, 0.4) is 0 Å². The number of carbonyl (C=O) groups is 2. The van der Waals surface area contributed by atoms with Crippen LogP contribution in [0.1, 0.15) is 66.2 Å². The zero-order valence-corrected chi connectivity index (χ0v) is 16.0. The Bertz CT molecular complexity index is 677. The van der Waals surface area contributed by atoms with Gasteiger partial charge in [0.25, 0.3) is 6.08 Å². The molecule has 0 fully saturated rings. The van der Waals surface area contributed by atoms with Crippen molar-refractivity contribution in [2.75, 3.05) is 0 Å². The molecule has 0 aromatic rings. The molecule has 0 radical (unpaired) electrons. The average Bonchev–Trinajstić information content (AvgIpc) is 2.58. The molecule has 26 heavy (non-hydrogen) atoms. The van der Waals surface area contributed by atoms with Crippen molar-refractivity contribution >= 4 is 11.6 Å². The number of hydrogen-bond acceptors (Lipinski definition) is 3. The van der Waals surface area contributed by atoms with Crippen molar-refractivity contribution in [1.29, 1.82) is 0 Å². The van der Waals surface area contributed by atoms with Gasteiger partial charge >= 0.3 is 0 Å². The van der Waals surface area contributed by atoms with Gasteiger partial charge in [-0.25, -0.2) is 0 Å². The molecular weight excluding hydrogens is 338 g/mol. The van der Waals surface area contributed by atoms with Crippen LogP contribution in [0.5, 0.6) is 0 Å². The maximum Gasteiger partial charge on any atom is 0.266 e. The highest BCUT2D eigenvalue weighted by Crippen LogP contribution is 2.27. The number of hydrogen-bond donors (Lipinski definition) is 1. The zero-order chi connectivity index (χ0) is 19.9. The van der Waals surface area contributed by atoms with Gasteiger partial charge in [0.05, 0.1) is 6.10 Å². The van der Waals surface area contributed by atoms with E-state index in [0.29, 0.717) is 60.8 Å². The van der Waals surface area contributed by atoms with E-state index in [2.05, 4.69) is 0 Å². The highest BCUT2D eigenvalue weighted by Gasteiger charge is 2.27. The van der Waals surface area contributed by atoms with Crippen LogP contribution in [0, 0.1) is 0 Å². The Morgan fingerprint density at radius 2 is 1.58 bits per heavy atom. The second-order valence-electron chi connectivity index (χ2n) is 6.86. The summed E-state index contributed by atoms with van der Waals surface area (Å²) in [6, 6.07) is 0. The van der Waals surface area contributed by atoms with Crippen LogP contribution in [-0.2, 0) is 9.59 Å². The maximum atomic E-state index is 12.3. The van der Waals surface area contributed by atoms with E-state index in [1.165, 1.54) is 0 Å². The Morgan fingerprint density at radius 1 is 0.962 bits per heavy atom. The first-order chi connectivity index (χ1) is 12.1. The van der Waals surface area contributed by atoms with Crippen LogP contribution in [0.2, 0.25) is 0 Å². The van der Waals surface area contributed by atoms with Crippen LogP contribution in [0.15, 0.2) is 46.1 Å². The summed E-state index contributed by atoms with van der Waals surface area (Å²) in [5, 5.41) is 10.1. The molecule has 0 saturated carbocycles. The topological polar surface area (TPSA) is 54.4 Å². The highest BCUT2D eigenvalue weighted by atomic mass is 19.3. The van der Waals surface area contributed by atoms with Crippen molar-refractivity contribution in [2.45, 2.75) is 72.3 Å². The fraction of sp³-hybridized carbons (Fsp3) is 0.524. The molecule has 144 valence electrons. The van der Waals surface area contributed by atoms with Gasteiger partial charge in [0, 0.05) is 22.3 Å². The third-order valence-electron chi connectivity index (χ3n) is 4.87. The Labute approximate surface area is 154 Å². The van der Waals surface area contributed by atoms with E-state index >= 15 is 0 Å². The molecule has 0 aliphatic heterocycles. The lowest BCUT2D eigenvalue weighted by Crippen LogP contribution is -2.21. The molecule has 0 saturated heterocycles. The Kier molecular flexibility index (Phi) is 8.79. The summed E-state index contributed by atoms with van der Waals surface area (Å²) in [5.74, 6) is -0.195. The quantitative estimate of drug-likeness (QED) is 0.450. The van der Waals surface area contributed by atoms with E-state index in [-0.39, 0.29) is 11.6 Å². The monoisotopic (exact) mass is 366 g/mol. The minimum Gasteiger partial charge on any atom is -0.393 e. The molecule has 5 heteroatoms. The fourth-order valence-electron chi connectivity index (χ4n) is 2.94. The van der Waals surface area contributed by atoms with E-state index in [4.69, 9.17) is 0 Å². The number of allylic oxidation sites excluding steroid dienone is 7. The van der Waals surface area contributed by atoms with Gasteiger partial charge in [-0.2, -0.15) is 8.78 Å². The minimum absolute atomic E-state index is 0.0936. The summed E-state index contributed by atoms with van der Waals surface area (Å²) in [7, 11) is 0. The number of ketones is 2. The molecular formula is C21H28F2O3. The van der Waals surface area contributed by atoms with Crippen molar-refractivity contribution in [3.05, 3.63) is 46.1 Å². The molecule has 0 aromatic heterocycles. The molecule has 1 atom stereocenters. The molecule has 1 N–H and O–H groups in total. The van der Waals surface area contributed by atoms with E-state index in [0.717, 1.165) is 11.6 Å². The van der Waals surface area contributed by atoms with Crippen molar-refractivity contribution in [3.8, 4) is 0 Å². The molecule has 1 unspecified atom stereocenters. The van der Waals surface area contributed by atoms with Gasteiger partial charge < -0.3 is 5.11 Å².